The van der Waals surface area contributed by atoms with Gasteiger partial charge in [-0.1, -0.05) is 42.5 Å². The molecule has 0 unspecified atom stereocenters. The smallest absolute Gasteiger partial charge is 0.247 e. The summed E-state index contributed by atoms with van der Waals surface area (Å²) in [6.07, 6.45) is 2.19. The summed E-state index contributed by atoms with van der Waals surface area (Å²) in [5.74, 6) is 0.0465. The largest absolute Gasteiger partial charge is 0.370 e. The highest BCUT2D eigenvalue weighted by molar-refractivity contribution is 5.86. The number of amides is 1. The van der Waals surface area contributed by atoms with Gasteiger partial charge < -0.3 is 10.6 Å². The zero-order valence-electron chi connectivity index (χ0n) is 12.2. The molecule has 1 aliphatic carbocycles. The van der Waals surface area contributed by atoms with E-state index in [0.29, 0.717) is 6.04 Å². The lowest BCUT2D eigenvalue weighted by atomic mass is 10.1. The van der Waals surface area contributed by atoms with E-state index >= 15 is 0 Å². The Labute approximate surface area is 125 Å². The van der Waals surface area contributed by atoms with Crippen molar-refractivity contribution in [2.75, 3.05) is 5.32 Å². The molecule has 1 atom stereocenters. The van der Waals surface area contributed by atoms with Crippen LogP contribution in [0.2, 0.25) is 0 Å². The van der Waals surface area contributed by atoms with Crippen LogP contribution < -0.4 is 10.6 Å². The number of hydrogen-bond donors (Lipinski definition) is 2. The van der Waals surface area contributed by atoms with E-state index in [0.717, 1.165) is 24.1 Å². The van der Waals surface area contributed by atoms with Crippen LogP contribution in [-0.4, -0.2) is 11.9 Å². The molecule has 0 heterocycles. The summed E-state index contributed by atoms with van der Waals surface area (Å²) in [5.41, 5.74) is 3.13. The predicted octanol–water partition coefficient (Wildman–Crippen LogP) is 3.43. The Morgan fingerprint density at radius 2 is 1.86 bits per heavy atom. The van der Waals surface area contributed by atoms with Crippen molar-refractivity contribution in [1.82, 2.24) is 5.32 Å². The molecule has 0 bridgehead atoms. The van der Waals surface area contributed by atoms with E-state index in [1.165, 1.54) is 5.56 Å². The number of aryl methyl sites for hydroxylation is 1. The second kappa shape index (κ2) is 6.00. The number of carbonyl (C=O) groups is 1. The van der Waals surface area contributed by atoms with Crippen LogP contribution in [0.1, 0.15) is 30.0 Å². The van der Waals surface area contributed by atoms with E-state index < -0.39 is 0 Å². The molecule has 0 aliphatic heterocycles. The number of anilines is 1. The van der Waals surface area contributed by atoms with Gasteiger partial charge in [-0.2, -0.15) is 0 Å². The first-order chi connectivity index (χ1) is 10.2. The third-order valence-electron chi connectivity index (χ3n) is 3.65. The molecule has 2 aromatic rings. The maximum atomic E-state index is 12.5. The highest BCUT2D eigenvalue weighted by atomic mass is 16.2. The second-order valence-electron chi connectivity index (χ2n) is 5.64. The van der Waals surface area contributed by atoms with Crippen molar-refractivity contribution >= 4 is 11.6 Å². The van der Waals surface area contributed by atoms with E-state index in [1.807, 2.05) is 55.5 Å². The van der Waals surface area contributed by atoms with E-state index in [2.05, 4.69) is 16.7 Å². The molecular weight excluding hydrogens is 260 g/mol. The molecule has 3 nitrogen and oxygen atoms in total. The van der Waals surface area contributed by atoms with Crippen molar-refractivity contribution in [1.29, 1.82) is 0 Å². The van der Waals surface area contributed by atoms with Gasteiger partial charge in [0.15, 0.2) is 0 Å². The van der Waals surface area contributed by atoms with Gasteiger partial charge in [-0.15, -0.1) is 0 Å². The van der Waals surface area contributed by atoms with Crippen LogP contribution in [0, 0.1) is 6.92 Å². The van der Waals surface area contributed by atoms with Crippen LogP contribution in [-0.2, 0) is 4.79 Å². The average molecular weight is 280 g/mol. The van der Waals surface area contributed by atoms with Crippen molar-refractivity contribution in [2.45, 2.75) is 31.8 Å². The van der Waals surface area contributed by atoms with Crippen molar-refractivity contribution in [3.63, 3.8) is 0 Å². The van der Waals surface area contributed by atoms with Crippen LogP contribution in [0.3, 0.4) is 0 Å². The molecule has 0 spiro atoms. The fourth-order valence-electron chi connectivity index (χ4n) is 2.36. The van der Waals surface area contributed by atoms with Gasteiger partial charge in [-0.25, -0.2) is 0 Å². The fraction of sp³-hybridized carbons (Fsp3) is 0.278. The number of rotatable bonds is 5. The molecule has 1 aliphatic rings. The minimum Gasteiger partial charge on any atom is -0.370 e. The Morgan fingerprint density at radius 3 is 2.52 bits per heavy atom. The number of carbonyl (C=O) groups excluding carboxylic acids is 1. The number of benzene rings is 2. The van der Waals surface area contributed by atoms with Gasteiger partial charge in [0.25, 0.3) is 0 Å². The quantitative estimate of drug-likeness (QED) is 0.881. The van der Waals surface area contributed by atoms with Gasteiger partial charge in [-0.3, -0.25) is 4.79 Å². The molecule has 0 saturated heterocycles. The summed E-state index contributed by atoms with van der Waals surface area (Å²) in [4.78, 5) is 12.5. The third-order valence-corrected chi connectivity index (χ3v) is 3.65. The molecule has 108 valence electrons. The fourth-order valence-corrected chi connectivity index (χ4v) is 2.36. The molecule has 3 heteroatoms. The molecule has 1 amide bonds. The molecule has 0 aromatic heterocycles. The number of hydrogen-bond acceptors (Lipinski definition) is 2. The lowest BCUT2D eigenvalue weighted by molar-refractivity contribution is -0.122. The summed E-state index contributed by atoms with van der Waals surface area (Å²) in [5, 5.41) is 6.44. The third kappa shape index (κ3) is 3.63. The lowest BCUT2D eigenvalue weighted by Gasteiger charge is -2.20. The Balaban J connectivity index is 1.82. The lowest BCUT2D eigenvalue weighted by Crippen LogP contribution is -2.34. The zero-order valence-corrected chi connectivity index (χ0v) is 12.2. The minimum absolute atomic E-state index is 0.0465. The molecule has 3 rings (SSSR count). The summed E-state index contributed by atoms with van der Waals surface area (Å²) in [7, 11) is 0. The molecule has 21 heavy (non-hydrogen) atoms. The minimum atomic E-state index is -0.353. The van der Waals surface area contributed by atoms with Crippen LogP contribution in [0.5, 0.6) is 0 Å². The summed E-state index contributed by atoms with van der Waals surface area (Å²) >= 11 is 0. The predicted molar refractivity (Wildman–Crippen MR) is 85.1 cm³/mol. The van der Waals surface area contributed by atoms with Gasteiger partial charge in [-0.05, 0) is 43.0 Å². The Bertz CT molecular complexity index is 620. The van der Waals surface area contributed by atoms with Crippen molar-refractivity contribution in [3.05, 3.63) is 65.7 Å². The van der Waals surface area contributed by atoms with E-state index in [4.69, 9.17) is 0 Å². The molecule has 2 N–H and O–H groups in total. The first-order valence-electron chi connectivity index (χ1n) is 7.41. The van der Waals surface area contributed by atoms with E-state index in [-0.39, 0.29) is 11.9 Å². The van der Waals surface area contributed by atoms with E-state index in [1.54, 1.807) is 0 Å². The molecule has 1 fully saturated rings. The standard InChI is InChI=1S/C18H20N2O/c1-13-6-5-9-16(12-13)19-17(14-7-3-2-4-8-14)18(21)20-15-10-11-15/h2-9,12,15,17,19H,10-11H2,1H3,(H,20,21)/t17-/m0/s1. The maximum absolute atomic E-state index is 12.5. The van der Waals surface area contributed by atoms with Gasteiger partial charge in [0, 0.05) is 11.7 Å². The first kappa shape index (κ1) is 13.7. The highest BCUT2D eigenvalue weighted by Crippen LogP contribution is 2.24. The van der Waals surface area contributed by atoms with Crippen LogP contribution >= 0.6 is 0 Å². The normalized spacial score (nSPS) is 15.3. The van der Waals surface area contributed by atoms with Crippen molar-refractivity contribution in [2.24, 2.45) is 0 Å². The first-order valence-corrected chi connectivity index (χ1v) is 7.41. The maximum Gasteiger partial charge on any atom is 0.247 e. The Hall–Kier alpha value is -2.29. The molecule has 2 aromatic carbocycles. The average Bonchev–Trinajstić information content (AvgIpc) is 3.29. The Kier molecular flexibility index (Phi) is 3.91. The van der Waals surface area contributed by atoms with E-state index in [9.17, 15) is 4.79 Å². The zero-order chi connectivity index (χ0) is 14.7. The Morgan fingerprint density at radius 1 is 1.10 bits per heavy atom. The van der Waals surface area contributed by atoms with Crippen LogP contribution in [0.25, 0.3) is 0 Å². The topological polar surface area (TPSA) is 41.1 Å². The molecular formula is C18H20N2O. The van der Waals surface area contributed by atoms with Gasteiger partial charge in [0.2, 0.25) is 5.91 Å². The van der Waals surface area contributed by atoms with Crippen molar-refractivity contribution in [3.8, 4) is 0 Å². The molecule has 1 saturated carbocycles. The second-order valence-corrected chi connectivity index (χ2v) is 5.64. The SMILES string of the molecule is Cc1cccc(N[C@H](C(=O)NC2CC2)c2ccccc2)c1. The monoisotopic (exact) mass is 280 g/mol. The van der Waals surface area contributed by atoms with Crippen LogP contribution in [0.15, 0.2) is 54.6 Å². The van der Waals surface area contributed by atoms with Gasteiger partial charge >= 0.3 is 0 Å². The summed E-state index contributed by atoms with van der Waals surface area (Å²) in [6.45, 7) is 2.05. The van der Waals surface area contributed by atoms with Crippen LogP contribution in [0.4, 0.5) is 5.69 Å². The van der Waals surface area contributed by atoms with Gasteiger partial charge in [0.05, 0.1) is 0 Å². The summed E-state index contributed by atoms with van der Waals surface area (Å²) < 4.78 is 0. The highest BCUT2D eigenvalue weighted by Gasteiger charge is 2.28. The molecule has 0 radical (unpaired) electrons. The van der Waals surface area contributed by atoms with Gasteiger partial charge in [0.1, 0.15) is 6.04 Å². The summed E-state index contributed by atoms with van der Waals surface area (Å²) in [6, 6.07) is 18.0. The number of nitrogens with one attached hydrogen (secondary N) is 2. The van der Waals surface area contributed by atoms with Crippen molar-refractivity contribution < 1.29 is 4.79 Å².